The molecule has 2 aliphatic rings. The van der Waals surface area contributed by atoms with Gasteiger partial charge in [-0.2, -0.15) is 0 Å². The van der Waals surface area contributed by atoms with Crippen molar-refractivity contribution in [3.63, 3.8) is 0 Å². The van der Waals surface area contributed by atoms with Gasteiger partial charge in [0, 0.05) is 17.7 Å². The van der Waals surface area contributed by atoms with Crippen LogP contribution in [-0.2, 0) is 9.47 Å². The smallest absolute Gasteiger partial charge is 0.239 e. The average molecular weight is 611 g/mol. The van der Waals surface area contributed by atoms with Gasteiger partial charge in [-0.05, 0) is 25.1 Å². The van der Waals surface area contributed by atoms with E-state index in [0.717, 1.165) is 24.3 Å². The number of aromatic hydroxyl groups is 3. The Hall–Kier alpha value is -3.71. The zero-order valence-electron chi connectivity index (χ0n) is 22.3. The van der Waals surface area contributed by atoms with Crippen molar-refractivity contribution < 1.29 is 74.4 Å². The van der Waals surface area contributed by atoms with Crippen LogP contribution >= 0.6 is 0 Å². The fraction of sp³-hybridized carbons (Fsp3) is 0.444. The lowest BCUT2D eigenvalue weighted by Gasteiger charge is -2.39. The summed E-state index contributed by atoms with van der Waals surface area (Å²) in [7, 11) is 0. The topological polar surface area (TPSA) is 269 Å². The normalized spacial score (nSPS) is 32.9. The third-order valence-electron chi connectivity index (χ3n) is 7.29. The molecule has 5 rings (SSSR count). The van der Waals surface area contributed by atoms with Crippen LogP contribution in [0.3, 0.4) is 0 Å². The van der Waals surface area contributed by atoms with E-state index in [4.69, 9.17) is 23.4 Å². The number of aliphatic hydroxyl groups is 7. The summed E-state index contributed by atoms with van der Waals surface area (Å²) in [6.45, 7) is 0.650. The fourth-order valence-corrected chi connectivity index (χ4v) is 4.81. The van der Waals surface area contributed by atoms with Crippen LogP contribution in [0, 0.1) is 0 Å². The number of phenolic OH excluding ortho intramolecular Hbond substituents is 3. The van der Waals surface area contributed by atoms with Crippen molar-refractivity contribution in [1.29, 1.82) is 0 Å². The first-order chi connectivity index (χ1) is 20.3. The molecule has 0 unspecified atom stereocenters. The Morgan fingerprint density at radius 3 is 2.05 bits per heavy atom. The van der Waals surface area contributed by atoms with Crippen molar-refractivity contribution in [2.24, 2.45) is 0 Å². The molecule has 0 saturated carbocycles. The highest BCUT2D eigenvalue weighted by atomic mass is 16.7. The molecular weight excluding hydrogens is 580 g/mol. The summed E-state index contributed by atoms with van der Waals surface area (Å²) in [4.78, 5) is 13.7. The minimum atomic E-state index is -1.92. The summed E-state index contributed by atoms with van der Waals surface area (Å²) < 4.78 is 27.8. The first-order valence-corrected chi connectivity index (χ1v) is 13.0. The van der Waals surface area contributed by atoms with Crippen LogP contribution in [0.2, 0.25) is 0 Å². The number of aliphatic hydroxyl groups excluding tert-OH is 7. The lowest BCUT2D eigenvalue weighted by molar-refractivity contribution is -0.277. The predicted octanol–water partition coefficient (Wildman–Crippen LogP) is -2.04. The van der Waals surface area contributed by atoms with Crippen LogP contribution in [0.5, 0.6) is 28.7 Å². The standard InChI is InChI=1S/C27H30O16/c1-8-17(32)20(35)22(37)26(39-8)40-10-5-13(31)16-14(6-10)41-24(9-2-3-11(29)12(30)4-9)25(19(16)34)43-27-23(38)21(36)18(33)15(7-28)42-27/h2-6,8,15,17-18,20-23,26-33,35-38H,7H2,1H3/t8-,15-,17-,18-,20+,21+,22+,23-,26+,27+/m1/s1. The van der Waals surface area contributed by atoms with Crippen LogP contribution < -0.4 is 14.9 Å². The first kappa shape index (κ1) is 30.7. The minimum Gasteiger partial charge on any atom is -0.507 e. The van der Waals surface area contributed by atoms with Gasteiger partial charge in [0.1, 0.15) is 65.2 Å². The van der Waals surface area contributed by atoms with Gasteiger partial charge >= 0.3 is 0 Å². The van der Waals surface area contributed by atoms with Crippen LogP contribution in [0.15, 0.2) is 39.5 Å². The van der Waals surface area contributed by atoms with Gasteiger partial charge in [0.2, 0.25) is 23.8 Å². The van der Waals surface area contributed by atoms with Gasteiger partial charge in [-0.3, -0.25) is 4.79 Å². The zero-order chi connectivity index (χ0) is 31.3. The molecule has 10 atom stereocenters. The number of rotatable bonds is 6. The highest BCUT2D eigenvalue weighted by Crippen LogP contribution is 2.40. The maximum atomic E-state index is 13.7. The lowest BCUT2D eigenvalue weighted by atomic mass is 9.99. The second-order valence-electron chi connectivity index (χ2n) is 10.2. The third-order valence-corrected chi connectivity index (χ3v) is 7.29. The molecule has 234 valence electrons. The van der Waals surface area contributed by atoms with Crippen molar-refractivity contribution in [3.8, 4) is 40.1 Å². The van der Waals surface area contributed by atoms with Gasteiger partial charge in [-0.1, -0.05) is 0 Å². The quantitative estimate of drug-likeness (QED) is 0.135. The Morgan fingerprint density at radius 2 is 1.40 bits per heavy atom. The van der Waals surface area contributed by atoms with E-state index in [2.05, 4.69) is 0 Å². The van der Waals surface area contributed by atoms with E-state index < -0.39 is 108 Å². The summed E-state index contributed by atoms with van der Waals surface area (Å²) in [6.07, 6.45) is -15.9. The van der Waals surface area contributed by atoms with E-state index in [0.29, 0.717) is 0 Å². The van der Waals surface area contributed by atoms with Gasteiger partial charge in [0.05, 0.1) is 12.7 Å². The summed E-state index contributed by atoms with van der Waals surface area (Å²) in [5, 5.41) is 101. The van der Waals surface area contributed by atoms with Gasteiger partial charge in [-0.25, -0.2) is 0 Å². The number of phenols is 3. The molecule has 16 nitrogen and oxygen atoms in total. The molecule has 3 aromatic rings. The molecule has 2 saturated heterocycles. The fourth-order valence-electron chi connectivity index (χ4n) is 4.81. The monoisotopic (exact) mass is 610 g/mol. The van der Waals surface area contributed by atoms with Crippen LogP contribution in [0.25, 0.3) is 22.3 Å². The van der Waals surface area contributed by atoms with Crippen LogP contribution in [0.1, 0.15) is 6.92 Å². The Morgan fingerprint density at radius 1 is 0.744 bits per heavy atom. The first-order valence-electron chi connectivity index (χ1n) is 13.0. The second kappa shape index (κ2) is 11.8. The van der Waals surface area contributed by atoms with Crippen molar-refractivity contribution in [2.45, 2.75) is 68.3 Å². The second-order valence-corrected chi connectivity index (χ2v) is 10.2. The number of hydrogen-bond donors (Lipinski definition) is 10. The molecule has 0 amide bonds. The number of ether oxygens (including phenoxy) is 4. The molecule has 0 radical (unpaired) electrons. The molecule has 43 heavy (non-hydrogen) atoms. The Bertz CT molecular complexity index is 1540. The lowest BCUT2D eigenvalue weighted by Crippen LogP contribution is -2.60. The minimum absolute atomic E-state index is 0.0447. The van der Waals surface area contributed by atoms with Crippen LogP contribution in [0.4, 0.5) is 0 Å². The highest BCUT2D eigenvalue weighted by Gasteiger charge is 2.46. The van der Waals surface area contributed by atoms with Crippen molar-refractivity contribution in [3.05, 3.63) is 40.6 Å². The number of hydrogen-bond acceptors (Lipinski definition) is 16. The number of benzene rings is 2. The molecular formula is C27H30O16. The highest BCUT2D eigenvalue weighted by molar-refractivity contribution is 5.88. The molecule has 0 bridgehead atoms. The van der Waals surface area contributed by atoms with Crippen molar-refractivity contribution >= 4 is 11.0 Å². The third kappa shape index (κ3) is 5.55. The van der Waals surface area contributed by atoms with Gasteiger partial charge < -0.3 is 74.4 Å². The summed E-state index contributed by atoms with van der Waals surface area (Å²) in [6, 6.07) is 5.43. The molecule has 2 aliphatic heterocycles. The Kier molecular flexibility index (Phi) is 8.41. The van der Waals surface area contributed by atoms with Crippen molar-refractivity contribution in [1.82, 2.24) is 0 Å². The van der Waals surface area contributed by atoms with E-state index >= 15 is 0 Å². The Balaban J connectivity index is 1.61. The van der Waals surface area contributed by atoms with Gasteiger partial charge in [0.15, 0.2) is 17.3 Å². The summed E-state index contributed by atoms with van der Waals surface area (Å²) in [5.41, 5.74) is -1.40. The summed E-state index contributed by atoms with van der Waals surface area (Å²) >= 11 is 0. The molecule has 0 aliphatic carbocycles. The van der Waals surface area contributed by atoms with Gasteiger partial charge in [0.25, 0.3) is 0 Å². The molecule has 1 aromatic heterocycles. The van der Waals surface area contributed by atoms with E-state index in [-0.39, 0.29) is 16.9 Å². The van der Waals surface area contributed by atoms with Gasteiger partial charge in [-0.15, -0.1) is 0 Å². The van der Waals surface area contributed by atoms with E-state index in [1.165, 1.54) is 13.0 Å². The molecule has 3 heterocycles. The maximum Gasteiger partial charge on any atom is 0.239 e. The molecule has 2 fully saturated rings. The van der Waals surface area contributed by atoms with E-state index in [9.17, 15) is 55.9 Å². The Labute approximate surface area is 241 Å². The van der Waals surface area contributed by atoms with E-state index in [1.54, 1.807) is 0 Å². The number of fused-ring (bicyclic) bond motifs is 1. The average Bonchev–Trinajstić information content (AvgIpc) is 2.97. The zero-order valence-corrected chi connectivity index (χ0v) is 22.3. The molecule has 0 spiro atoms. The SMILES string of the molecule is C[C@H]1O[C@@H](Oc2cc(O)c3c(=O)c(O[C@@H]4O[C@H](CO)[C@@H](O)[C@H](O)[C@H]4O)c(-c4ccc(O)c(O)c4)oc3c2)[C@@H](O)[C@@H](O)[C@@H]1O. The molecule has 10 N–H and O–H groups in total. The largest absolute Gasteiger partial charge is 0.507 e. The predicted molar refractivity (Wildman–Crippen MR) is 140 cm³/mol. The molecule has 2 aromatic carbocycles. The maximum absolute atomic E-state index is 13.7. The summed E-state index contributed by atoms with van der Waals surface area (Å²) in [5.74, 6) is -3.14. The van der Waals surface area contributed by atoms with Crippen LogP contribution in [-0.4, -0.2) is 119 Å². The molecule has 16 heteroatoms. The van der Waals surface area contributed by atoms with E-state index in [1.807, 2.05) is 0 Å². The van der Waals surface area contributed by atoms with Crippen molar-refractivity contribution in [2.75, 3.05) is 6.61 Å².